The molecule has 0 aromatic carbocycles. The molecule has 0 saturated carbocycles. The van der Waals surface area contributed by atoms with Crippen LogP contribution >= 0.6 is 0 Å². The third-order valence-electron chi connectivity index (χ3n) is 1.41. The van der Waals surface area contributed by atoms with Gasteiger partial charge in [-0.25, -0.2) is 4.79 Å². The van der Waals surface area contributed by atoms with E-state index in [2.05, 4.69) is 13.8 Å². The quantitative estimate of drug-likeness (QED) is 0.347. The Morgan fingerprint density at radius 3 is 2.83 bits per heavy atom. The molecule has 0 amide bonds. The number of ether oxygens (including phenoxy) is 1. The van der Waals surface area contributed by atoms with Crippen LogP contribution in [-0.4, -0.2) is 12.6 Å². The maximum Gasteiger partial charge on any atom is 0.330 e. The number of allylic oxidation sites excluding steroid dienone is 1. The van der Waals surface area contributed by atoms with Crippen LogP contribution in [0.4, 0.5) is 0 Å². The van der Waals surface area contributed by atoms with Gasteiger partial charge in [-0.3, -0.25) is 0 Å². The minimum absolute atomic E-state index is 0.255. The van der Waals surface area contributed by atoms with Gasteiger partial charge >= 0.3 is 5.97 Å². The molecule has 0 unspecified atom stereocenters. The van der Waals surface area contributed by atoms with Crippen LogP contribution in [0.3, 0.4) is 0 Å². The Morgan fingerprint density at radius 2 is 2.25 bits per heavy atom. The predicted molar refractivity (Wildman–Crippen MR) is 49.6 cm³/mol. The molecule has 12 heavy (non-hydrogen) atoms. The summed E-state index contributed by atoms with van der Waals surface area (Å²) >= 11 is 0. The summed E-state index contributed by atoms with van der Waals surface area (Å²) in [6.07, 6.45) is 6.98. The van der Waals surface area contributed by atoms with Crippen molar-refractivity contribution in [2.24, 2.45) is 0 Å². The van der Waals surface area contributed by atoms with Crippen molar-refractivity contribution in [3.05, 3.63) is 19.1 Å². The normalized spacial score (nSPS) is 10.5. The number of carbonyl (C=O) groups is 1. The van der Waals surface area contributed by atoms with E-state index in [9.17, 15) is 4.79 Å². The summed E-state index contributed by atoms with van der Waals surface area (Å²) in [5, 5.41) is 0. The first-order valence-corrected chi connectivity index (χ1v) is 4.43. The van der Waals surface area contributed by atoms with Crippen LogP contribution in [0.15, 0.2) is 12.2 Å². The van der Waals surface area contributed by atoms with Gasteiger partial charge in [0.1, 0.15) is 0 Å². The van der Waals surface area contributed by atoms with Gasteiger partial charge in [0, 0.05) is 6.08 Å². The van der Waals surface area contributed by atoms with Gasteiger partial charge in [-0.05, 0) is 19.8 Å². The highest BCUT2D eigenvalue weighted by Gasteiger charge is 1.94. The van der Waals surface area contributed by atoms with Gasteiger partial charge in [0.05, 0.1) is 6.61 Å². The van der Waals surface area contributed by atoms with E-state index in [1.807, 2.05) is 0 Å². The third-order valence-corrected chi connectivity index (χ3v) is 1.41. The minimum atomic E-state index is -0.255. The van der Waals surface area contributed by atoms with Crippen molar-refractivity contribution in [3.63, 3.8) is 0 Å². The molecule has 0 atom stereocenters. The molecule has 0 aliphatic carbocycles. The maximum absolute atomic E-state index is 10.8. The smallest absolute Gasteiger partial charge is 0.330 e. The Morgan fingerprint density at radius 1 is 1.50 bits per heavy atom. The minimum Gasteiger partial charge on any atom is -0.463 e. The van der Waals surface area contributed by atoms with Gasteiger partial charge in [0.2, 0.25) is 0 Å². The second-order valence-electron chi connectivity index (χ2n) is 2.57. The molecule has 0 aliphatic rings. The molecule has 0 spiro atoms. The van der Waals surface area contributed by atoms with E-state index in [-0.39, 0.29) is 5.97 Å². The molecule has 2 nitrogen and oxygen atoms in total. The number of carbonyl (C=O) groups excluding carboxylic acids is 1. The highest BCUT2D eigenvalue weighted by atomic mass is 16.5. The molecule has 0 heterocycles. The van der Waals surface area contributed by atoms with Crippen molar-refractivity contribution in [2.75, 3.05) is 6.61 Å². The Hall–Kier alpha value is -0.790. The Bertz CT molecular complexity index is 139. The standard InChI is InChI=1S/C10H17O2/c1-3-5-7-9-12-10(11)8-6-4-2/h6,8H,2-5,7,9H2,1H3. The van der Waals surface area contributed by atoms with Gasteiger partial charge in [-0.2, -0.15) is 0 Å². The molecule has 0 fully saturated rings. The molecule has 2 heteroatoms. The average molecular weight is 169 g/mol. The zero-order chi connectivity index (χ0) is 9.23. The zero-order valence-electron chi connectivity index (χ0n) is 7.71. The highest BCUT2D eigenvalue weighted by Crippen LogP contribution is 1.94. The first-order chi connectivity index (χ1) is 5.81. The first kappa shape index (κ1) is 11.2. The number of esters is 1. The van der Waals surface area contributed by atoms with Crippen molar-refractivity contribution in [1.82, 2.24) is 0 Å². The van der Waals surface area contributed by atoms with Crippen LogP contribution in [0.2, 0.25) is 0 Å². The summed E-state index contributed by atoms with van der Waals surface area (Å²) in [7, 11) is 0. The van der Waals surface area contributed by atoms with Crippen molar-refractivity contribution >= 4 is 5.97 Å². The molecular weight excluding hydrogens is 152 g/mol. The molecule has 0 rings (SSSR count). The lowest BCUT2D eigenvalue weighted by Gasteiger charge is -1.99. The molecule has 69 valence electrons. The SMILES string of the molecule is [CH2]CC=CC(=O)OCCCCC. The number of hydrogen-bond donors (Lipinski definition) is 0. The van der Waals surface area contributed by atoms with Crippen LogP contribution in [0.1, 0.15) is 32.6 Å². The molecule has 0 aromatic heterocycles. The first-order valence-electron chi connectivity index (χ1n) is 4.43. The Balaban J connectivity index is 3.25. The predicted octanol–water partition coefficient (Wildman–Crippen LogP) is 2.50. The molecule has 0 bridgehead atoms. The molecular formula is C10H17O2. The Kier molecular flexibility index (Phi) is 7.76. The fourth-order valence-corrected chi connectivity index (χ4v) is 0.752. The van der Waals surface area contributed by atoms with E-state index in [0.29, 0.717) is 13.0 Å². The fraction of sp³-hybridized carbons (Fsp3) is 0.600. The lowest BCUT2D eigenvalue weighted by molar-refractivity contribution is -0.137. The summed E-state index contributed by atoms with van der Waals surface area (Å²) in [6, 6.07) is 0. The van der Waals surface area contributed by atoms with E-state index in [1.54, 1.807) is 6.08 Å². The monoisotopic (exact) mass is 169 g/mol. The lowest BCUT2D eigenvalue weighted by atomic mass is 10.3. The second kappa shape index (κ2) is 8.31. The molecule has 0 saturated heterocycles. The molecule has 0 aromatic rings. The van der Waals surface area contributed by atoms with Crippen LogP contribution < -0.4 is 0 Å². The summed E-state index contributed by atoms with van der Waals surface area (Å²) < 4.78 is 4.89. The van der Waals surface area contributed by atoms with Crippen LogP contribution in [0, 0.1) is 6.92 Å². The number of unbranched alkanes of at least 4 members (excludes halogenated alkanes) is 2. The van der Waals surface area contributed by atoms with Crippen LogP contribution in [0.5, 0.6) is 0 Å². The summed E-state index contributed by atoms with van der Waals surface area (Å²) in [6.45, 7) is 6.22. The van der Waals surface area contributed by atoms with E-state index >= 15 is 0 Å². The molecule has 0 N–H and O–H groups in total. The average Bonchev–Trinajstić information content (AvgIpc) is 2.09. The summed E-state index contributed by atoms with van der Waals surface area (Å²) in [4.78, 5) is 10.8. The second-order valence-corrected chi connectivity index (χ2v) is 2.57. The van der Waals surface area contributed by atoms with Crippen molar-refractivity contribution in [3.8, 4) is 0 Å². The van der Waals surface area contributed by atoms with Crippen LogP contribution in [-0.2, 0) is 9.53 Å². The van der Waals surface area contributed by atoms with Gasteiger partial charge in [-0.1, -0.05) is 25.8 Å². The van der Waals surface area contributed by atoms with Gasteiger partial charge in [0.25, 0.3) is 0 Å². The number of rotatable bonds is 6. The van der Waals surface area contributed by atoms with E-state index in [0.717, 1.165) is 19.3 Å². The van der Waals surface area contributed by atoms with E-state index in [4.69, 9.17) is 4.74 Å². The van der Waals surface area contributed by atoms with Crippen LogP contribution in [0.25, 0.3) is 0 Å². The van der Waals surface area contributed by atoms with Crippen molar-refractivity contribution < 1.29 is 9.53 Å². The largest absolute Gasteiger partial charge is 0.463 e. The van der Waals surface area contributed by atoms with Gasteiger partial charge < -0.3 is 4.74 Å². The maximum atomic E-state index is 10.8. The third kappa shape index (κ3) is 7.32. The van der Waals surface area contributed by atoms with E-state index < -0.39 is 0 Å². The number of hydrogen-bond acceptors (Lipinski definition) is 2. The van der Waals surface area contributed by atoms with E-state index in [1.165, 1.54) is 6.08 Å². The van der Waals surface area contributed by atoms with Crippen molar-refractivity contribution in [2.45, 2.75) is 32.6 Å². The Labute approximate surface area is 74.6 Å². The highest BCUT2D eigenvalue weighted by molar-refractivity contribution is 5.81. The summed E-state index contributed by atoms with van der Waals surface area (Å²) in [5.74, 6) is -0.255. The lowest BCUT2D eigenvalue weighted by Crippen LogP contribution is -2.01. The molecule has 0 aliphatic heterocycles. The zero-order valence-corrected chi connectivity index (χ0v) is 7.71. The van der Waals surface area contributed by atoms with Gasteiger partial charge in [-0.15, -0.1) is 0 Å². The van der Waals surface area contributed by atoms with Crippen molar-refractivity contribution in [1.29, 1.82) is 0 Å². The fourth-order valence-electron chi connectivity index (χ4n) is 0.752. The summed E-state index contributed by atoms with van der Waals surface area (Å²) in [5.41, 5.74) is 0. The molecule has 1 radical (unpaired) electrons. The van der Waals surface area contributed by atoms with Gasteiger partial charge in [0.15, 0.2) is 0 Å². The topological polar surface area (TPSA) is 26.3 Å².